The van der Waals surface area contributed by atoms with E-state index in [2.05, 4.69) is 15.2 Å². The van der Waals surface area contributed by atoms with Crippen LogP contribution in [0.5, 0.6) is 0 Å². The van der Waals surface area contributed by atoms with Gasteiger partial charge in [0.15, 0.2) is 16.6 Å². The second kappa shape index (κ2) is 2.88. The van der Waals surface area contributed by atoms with Crippen LogP contribution in [0.3, 0.4) is 0 Å². The van der Waals surface area contributed by atoms with Crippen molar-refractivity contribution in [2.24, 2.45) is 0 Å². The first-order valence-corrected chi connectivity index (χ1v) is 4.14. The molecule has 0 radical (unpaired) electrons. The van der Waals surface area contributed by atoms with Crippen LogP contribution in [0.25, 0.3) is 5.65 Å². The van der Waals surface area contributed by atoms with Gasteiger partial charge in [-0.15, -0.1) is 21.8 Å². The molecule has 0 aromatic carbocycles. The Morgan fingerprint density at radius 2 is 2.25 bits per heavy atom. The molecular weight excluding hydrogens is 199 g/mol. The lowest BCUT2D eigenvalue weighted by Crippen LogP contribution is -1.91. The molecule has 2 aromatic rings. The molecule has 0 aliphatic heterocycles. The van der Waals surface area contributed by atoms with Crippen molar-refractivity contribution in [3.8, 4) is 0 Å². The van der Waals surface area contributed by atoms with Crippen LogP contribution in [0.4, 0.5) is 0 Å². The lowest BCUT2D eigenvalue weighted by molar-refractivity contribution is 0.982. The van der Waals surface area contributed by atoms with E-state index >= 15 is 0 Å². The summed E-state index contributed by atoms with van der Waals surface area (Å²) >= 11 is 11.4. The maximum atomic E-state index is 5.75. The van der Waals surface area contributed by atoms with E-state index in [9.17, 15) is 0 Å². The molecule has 0 bridgehead atoms. The van der Waals surface area contributed by atoms with E-state index in [0.29, 0.717) is 22.5 Å². The fourth-order valence-electron chi connectivity index (χ4n) is 0.935. The summed E-state index contributed by atoms with van der Waals surface area (Å²) in [7, 11) is 0. The van der Waals surface area contributed by atoms with E-state index in [1.54, 1.807) is 16.8 Å². The molecule has 0 unspecified atom stereocenters. The van der Waals surface area contributed by atoms with Crippen LogP contribution in [-0.4, -0.2) is 19.6 Å². The number of halogens is 2. The van der Waals surface area contributed by atoms with Gasteiger partial charge in [0, 0.05) is 12.4 Å². The van der Waals surface area contributed by atoms with Gasteiger partial charge in [-0.05, 0) is 0 Å². The Morgan fingerprint density at radius 1 is 1.42 bits per heavy atom. The summed E-state index contributed by atoms with van der Waals surface area (Å²) in [6.45, 7) is 0. The van der Waals surface area contributed by atoms with Gasteiger partial charge in [0.1, 0.15) is 0 Å². The van der Waals surface area contributed by atoms with Crippen molar-refractivity contribution in [1.82, 2.24) is 19.6 Å². The lowest BCUT2D eigenvalue weighted by atomic mass is 10.6. The summed E-state index contributed by atoms with van der Waals surface area (Å²) in [4.78, 5) is 3.85. The zero-order chi connectivity index (χ0) is 8.55. The van der Waals surface area contributed by atoms with Gasteiger partial charge in [-0.3, -0.25) is 4.40 Å². The average molecular weight is 203 g/mol. The first-order chi connectivity index (χ1) is 5.83. The lowest BCUT2D eigenvalue weighted by Gasteiger charge is -1.94. The molecule has 0 saturated heterocycles. The van der Waals surface area contributed by atoms with Gasteiger partial charge in [-0.1, -0.05) is 11.6 Å². The van der Waals surface area contributed by atoms with Crippen LogP contribution in [0.1, 0.15) is 5.82 Å². The van der Waals surface area contributed by atoms with E-state index < -0.39 is 0 Å². The second-order valence-corrected chi connectivity index (χ2v) is 2.79. The van der Waals surface area contributed by atoms with Crippen molar-refractivity contribution >= 4 is 28.8 Å². The molecular formula is C6H4Cl2N4. The van der Waals surface area contributed by atoms with Gasteiger partial charge in [0.25, 0.3) is 0 Å². The Balaban J connectivity index is 2.80. The van der Waals surface area contributed by atoms with Gasteiger partial charge in [0.05, 0.1) is 5.88 Å². The maximum absolute atomic E-state index is 5.75. The molecule has 4 nitrogen and oxygen atoms in total. The van der Waals surface area contributed by atoms with E-state index in [4.69, 9.17) is 23.2 Å². The Labute approximate surface area is 78.1 Å². The molecule has 0 fully saturated rings. The fourth-order valence-corrected chi connectivity index (χ4v) is 1.30. The van der Waals surface area contributed by atoms with Crippen molar-refractivity contribution in [2.45, 2.75) is 5.88 Å². The number of alkyl halides is 1. The minimum Gasteiger partial charge on any atom is -0.281 e. The SMILES string of the molecule is ClCc1nnc2c(Cl)nccn12. The van der Waals surface area contributed by atoms with Crippen LogP contribution in [0.15, 0.2) is 12.4 Å². The standard InChI is InChI=1S/C6H4Cl2N4/c7-3-4-10-11-6-5(8)9-1-2-12(4)6/h1-2H,3H2. The molecule has 0 aliphatic carbocycles. The predicted molar refractivity (Wildman–Crippen MR) is 45.3 cm³/mol. The van der Waals surface area contributed by atoms with Crippen molar-refractivity contribution in [1.29, 1.82) is 0 Å². The minimum atomic E-state index is 0.307. The smallest absolute Gasteiger partial charge is 0.198 e. The van der Waals surface area contributed by atoms with Gasteiger partial charge < -0.3 is 0 Å². The zero-order valence-electron chi connectivity index (χ0n) is 5.91. The van der Waals surface area contributed by atoms with E-state index in [1.807, 2.05) is 0 Å². The summed E-state index contributed by atoms with van der Waals surface area (Å²) in [6, 6.07) is 0. The second-order valence-electron chi connectivity index (χ2n) is 2.16. The Bertz CT molecular complexity index is 411. The summed E-state index contributed by atoms with van der Waals surface area (Å²) in [6.07, 6.45) is 3.30. The average Bonchev–Trinajstić information content (AvgIpc) is 2.49. The first kappa shape index (κ1) is 7.76. The minimum absolute atomic E-state index is 0.307. The van der Waals surface area contributed by atoms with Gasteiger partial charge in [0.2, 0.25) is 0 Å². The highest BCUT2D eigenvalue weighted by Crippen LogP contribution is 2.12. The summed E-state index contributed by atoms with van der Waals surface area (Å²) in [5.74, 6) is 0.970. The van der Waals surface area contributed by atoms with Gasteiger partial charge in [-0.2, -0.15) is 0 Å². The highest BCUT2D eigenvalue weighted by molar-refractivity contribution is 6.32. The predicted octanol–water partition coefficient (Wildman–Crippen LogP) is 1.52. The third-order valence-electron chi connectivity index (χ3n) is 1.47. The zero-order valence-corrected chi connectivity index (χ0v) is 7.42. The molecule has 12 heavy (non-hydrogen) atoms. The van der Waals surface area contributed by atoms with Crippen molar-refractivity contribution in [3.63, 3.8) is 0 Å². The quantitative estimate of drug-likeness (QED) is 0.659. The molecule has 0 amide bonds. The monoisotopic (exact) mass is 202 g/mol. The summed E-state index contributed by atoms with van der Waals surface area (Å²) in [5, 5.41) is 7.99. The number of fused-ring (bicyclic) bond motifs is 1. The van der Waals surface area contributed by atoms with Gasteiger partial charge in [-0.25, -0.2) is 4.98 Å². The van der Waals surface area contributed by atoms with E-state index in [1.165, 1.54) is 0 Å². The molecule has 0 aliphatic rings. The fraction of sp³-hybridized carbons (Fsp3) is 0.167. The van der Waals surface area contributed by atoms with Crippen LogP contribution in [0.2, 0.25) is 5.15 Å². The van der Waals surface area contributed by atoms with E-state index in [-0.39, 0.29) is 0 Å². The summed E-state index contributed by atoms with van der Waals surface area (Å²) in [5.41, 5.74) is 0.537. The van der Waals surface area contributed by atoms with Crippen LogP contribution < -0.4 is 0 Å². The molecule has 6 heteroatoms. The van der Waals surface area contributed by atoms with Crippen LogP contribution >= 0.6 is 23.2 Å². The number of aromatic nitrogens is 4. The van der Waals surface area contributed by atoms with Crippen LogP contribution in [-0.2, 0) is 5.88 Å². The Hall–Kier alpha value is -0.870. The number of rotatable bonds is 1. The third-order valence-corrected chi connectivity index (χ3v) is 1.98. The molecule has 0 atom stereocenters. The third kappa shape index (κ3) is 1.04. The van der Waals surface area contributed by atoms with Crippen molar-refractivity contribution in [3.05, 3.63) is 23.4 Å². The van der Waals surface area contributed by atoms with Gasteiger partial charge >= 0.3 is 0 Å². The number of hydrogen-bond acceptors (Lipinski definition) is 3. The molecule has 62 valence electrons. The van der Waals surface area contributed by atoms with Crippen molar-refractivity contribution < 1.29 is 0 Å². The Kier molecular flexibility index (Phi) is 1.86. The van der Waals surface area contributed by atoms with E-state index in [0.717, 1.165) is 0 Å². The number of nitrogens with zero attached hydrogens (tertiary/aromatic N) is 4. The van der Waals surface area contributed by atoms with Crippen LogP contribution in [0, 0.1) is 0 Å². The first-order valence-electron chi connectivity index (χ1n) is 3.23. The molecule has 0 spiro atoms. The molecule has 2 heterocycles. The van der Waals surface area contributed by atoms with Crippen molar-refractivity contribution in [2.75, 3.05) is 0 Å². The molecule has 2 aromatic heterocycles. The Morgan fingerprint density at radius 3 is 3.00 bits per heavy atom. The summed E-state index contributed by atoms with van der Waals surface area (Å²) < 4.78 is 1.71. The highest BCUT2D eigenvalue weighted by atomic mass is 35.5. The largest absolute Gasteiger partial charge is 0.281 e. The molecule has 0 saturated carbocycles. The topological polar surface area (TPSA) is 43.1 Å². The molecule has 0 N–H and O–H groups in total. The number of hydrogen-bond donors (Lipinski definition) is 0. The molecule has 2 rings (SSSR count). The highest BCUT2D eigenvalue weighted by Gasteiger charge is 2.06. The maximum Gasteiger partial charge on any atom is 0.198 e. The normalized spacial score (nSPS) is 10.8.